The first-order valence-corrected chi connectivity index (χ1v) is 10.7. The van der Waals surface area contributed by atoms with Gasteiger partial charge in [0.25, 0.3) is 0 Å². The van der Waals surface area contributed by atoms with Gasteiger partial charge in [-0.2, -0.15) is 4.98 Å². The van der Waals surface area contributed by atoms with E-state index >= 15 is 0 Å². The molecule has 1 heterocycles. The highest BCUT2D eigenvalue weighted by molar-refractivity contribution is 7.89. The molecule has 0 aliphatic rings. The smallest absolute Gasteiger partial charge is 0.238 e. The molecule has 2 aromatic carbocycles. The van der Waals surface area contributed by atoms with Crippen LogP contribution >= 0.6 is 11.6 Å². The van der Waals surface area contributed by atoms with Crippen LogP contribution in [0.25, 0.3) is 11.3 Å². The Morgan fingerprint density at radius 1 is 1.03 bits per heavy atom. The van der Waals surface area contributed by atoms with Crippen molar-refractivity contribution in [2.75, 3.05) is 17.6 Å². The van der Waals surface area contributed by atoms with Crippen LogP contribution in [0, 0.1) is 0 Å². The predicted molar refractivity (Wildman–Crippen MR) is 115 cm³/mol. The average Bonchev–Trinajstić information content (AvgIpc) is 2.67. The first-order chi connectivity index (χ1) is 13.8. The van der Waals surface area contributed by atoms with Gasteiger partial charge in [0.1, 0.15) is 5.82 Å². The zero-order valence-electron chi connectivity index (χ0n) is 15.5. The summed E-state index contributed by atoms with van der Waals surface area (Å²) in [6.07, 6.45) is 0.652. The third kappa shape index (κ3) is 5.42. The van der Waals surface area contributed by atoms with Gasteiger partial charge in [-0.3, -0.25) is 0 Å². The van der Waals surface area contributed by atoms with Gasteiger partial charge in [0.15, 0.2) is 0 Å². The number of primary sulfonamides is 1. The fourth-order valence-electron chi connectivity index (χ4n) is 2.86. The van der Waals surface area contributed by atoms with Crippen LogP contribution < -0.4 is 21.9 Å². The van der Waals surface area contributed by atoms with Crippen molar-refractivity contribution in [2.45, 2.75) is 17.9 Å². The Bertz CT molecular complexity index is 1120. The minimum Gasteiger partial charge on any atom is -0.370 e. The van der Waals surface area contributed by atoms with E-state index in [1.165, 1.54) is 12.1 Å². The molecular weight excluding hydrogens is 412 g/mol. The number of nitrogens with zero attached hydrogens (tertiary/aromatic N) is 2. The highest BCUT2D eigenvalue weighted by Gasteiger charge is 2.10. The molecule has 8 nitrogen and oxygen atoms in total. The van der Waals surface area contributed by atoms with Crippen molar-refractivity contribution in [1.82, 2.24) is 9.97 Å². The Balaban J connectivity index is 1.72. The molecule has 10 heteroatoms. The molecule has 0 saturated heterocycles. The van der Waals surface area contributed by atoms with E-state index in [9.17, 15) is 8.42 Å². The molecular formula is C19H21ClN6O2S. The molecule has 29 heavy (non-hydrogen) atoms. The molecule has 0 unspecified atom stereocenters. The van der Waals surface area contributed by atoms with Gasteiger partial charge in [-0.25, -0.2) is 18.5 Å². The summed E-state index contributed by atoms with van der Waals surface area (Å²) in [4.78, 5) is 8.60. The summed E-state index contributed by atoms with van der Waals surface area (Å²) in [5.41, 5.74) is 15.0. The first-order valence-electron chi connectivity index (χ1n) is 8.75. The van der Waals surface area contributed by atoms with E-state index in [0.29, 0.717) is 36.0 Å². The van der Waals surface area contributed by atoms with Crippen molar-refractivity contribution in [3.05, 3.63) is 64.7 Å². The zero-order chi connectivity index (χ0) is 21.0. The first kappa shape index (κ1) is 21.0. The van der Waals surface area contributed by atoms with Crippen LogP contribution in [-0.2, 0) is 23.0 Å². The largest absolute Gasteiger partial charge is 0.370 e. The van der Waals surface area contributed by atoms with Crippen molar-refractivity contribution in [2.24, 2.45) is 10.9 Å². The molecule has 1 aromatic heterocycles. The zero-order valence-corrected chi connectivity index (χ0v) is 17.0. The number of anilines is 2. The molecule has 0 spiro atoms. The average molecular weight is 433 g/mol. The second-order valence-electron chi connectivity index (χ2n) is 6.37. The number of benzene rings is 2. The molecule has 7 N–H and O–H groups in total. The Morgan fingerprint density at radius 3 is 2.41 bits per heavy atom. The van der Waals surface area contributed by atoms with Gasteiger partial charge >= 0.3 is 0 Å². The molecule has 0 fully saturated rings. The predicted octanol–water partition coefficient (Wildman–Crippen LogP) is 2.14. The molecule has 0 radical (unpaired) electrons. The summed E-state index contributed by atoms with van der Waals surface area (Å²) < 4.78 is 22.6. The number of hydrogen-bond donors (Lipinski definition) is 4. The van der Waals surface area contributed by atoms with Crippen LogP contribution in [0.2, 0.25) is 5.02 Å². The second kappa shape index (κ2) is 8.75. The van der Waals surface area contributed by atoms with E-state index in [1.54, 1.807) is 30.3 Å². The topological polar surface area (TPSA) is 150 Å². The van der Waals surface area contributed by atoms with E-state index in [-0.39, 0.29) is 10.8 Å². The molecule has 0 aliphatic carbocycles. The number of sulfonamides is 1. The molecule has 0 amide bonds. The van der Waals surface area contributed by atoms with Gasteiger partial charge in [0.2, 0.25) is 16.0 Å². The van der Waals surface area contributed by atoms with E-state index in [0.717, 1.165) is 16.7 Å². The third-order valence-corrected chi connectivity index (χ3v) is 5.44. The number of nitrogens with one attached hydrogen (secondary N) is 1. The Hall–Kier alpha value is -2.72. The van der Waals surface area contributed by atoms with E-state index in [1.807, 2.05) is 6.07 Å². The lowest BCUT2D eigenvalue weighted by molar-refractivity contribution is 0.598. The molecule has 3 rings (SSSR count). The number of aromatic nitrogens is 2. The third-order valence-electron chi connectivity index (χ3n) is 4.28. The number of nitrogen functional groups attached to an aromatic ring is 1. The molecule has 3 aromatic rings. The number of rotatable bonds is 7. The standard InChI is InChI=1S/C19H21ClN6O2S/c20-14-3-6-16(13(9-14)11-21)17-10-18(26-19(22)25-17)24-8-7-12-1-4-15(5-2-12)29(23,27)28/h1-6,9-10H,7-8,11,21H2,(H2,23,27,28)(H3,22,24,25,26). The fraction of sp³-hybridized carbons (Fsp3) is 0.158. The quantitative estimate of drug-likeness (QED) is 0.446. The molecule has 0 saturated carbocycles. The van der Waals surface area contributed by atoms with Gasteiger partial charge in [0, 0.05) is 29.7 Å². The summed E-state index contributed by atoms with van der Waals surface area (Å²) in [5.74, 6) is 0.715. The lowest BCUT2D eigenvalue weighted by Crippen LogP contribution is -2.12. The Morgan fingerprint density at radius 2 is 1.76 bits per heavy atom. The summed E-state index contributed by atoms with van der Waals surface area (Å²) in [6.45, 7) is 0.881. The van der Waals surface area contributed by atoms with E-state index in [4.69, 9.17) is 28.2 Å². The number of hydrogen-bond acceptors (Lipinski definition) is 7. The van der Waals surface area contributed by atoms with Crippen LogP contribution in [0.15, 0.2) is 53.4 Å². The van der Waals surface area contributed by atoms with Gasteiger partial charge < -0.3 is 16.8 Å². The normalized spacial score (nSPS) is 11.4. The number of nitrogens with two attached hydrogens (primary N) is 3. The summed E-state index contributed by atoms with van der Waals surface area (Å²) in [7, 11) is -3.69. The number of halogens is 1. The van der Waals surface area contributed by atoms with Gasteiger partial charge in [-0.1, -0.05) is 29.8 Å². The van der Waals surface area contributed by atoms with Crippen molar-refractivity contribution < 1.29 is 8.42 Å². The molecule has 0 atom stereocenters. The van der Waals surface area contributed by atoms with Crippen molar-refractivity contribution in [3.8, 4) is 11.3 Å². The van der Waals surface area contributed by atoms with Gasteiger partial charge in [-0.15, -0.1) is 0 Å². The fourth-order valence-corrected chi connectivity index (χ4v) is 3.57. The molecule has 0 aliphatic heterocycles. The van der Waals surface area contributed by atoms with E-state index < -0.39 is 10.0 Å². The highest BCUT2D eigenvalue weighted by Crippen LogP contribution is 2.27. The van der Waals surface area contributed by atoms with Crippen LogP contribution in [0.1, 0.15) is 11.1 Å². The molecule has 152 valence electrons. The SMILES string of the molecule is NCc1cc(Cl)ccc1-c1cc(NCCc2ccc(S(N)(=O)=O)cc2)nc(N)n1. The van der Waals surface area contributed by atoms with Crippen LogP contribution in [-0.4, -0.2) is 24.9 Å². The van der Waals surface area contributed by atoms with E-state index in [2.05, 4.69) is 15.3 Å². The van der Waals surface area contributed by atoms with Crippen LogP contribution in [0.3, 0.4) is 0 Å². The lowest BCUT2D eigenvalue weighted by atomic mass is 10.0. The highest BCUT2D eigenvalue weighted by atomic mass is 35.5. The summed E-state index contributed by atoms with van der Waals surface area (Å²) >= 11 is 6.04. The Labute approximate surface area is 174 Å². The van der Waals surface area contributed by atoms with Crippen molar-refractivity contribution in [1.29, 1.82) is 0 Å². The Kier molecular flexibility index (Phi) is 6.33. The maximum atomic E-state index is 11.3. The second-order valence-corrected chi connectivity index (χ2v) is 8.37. The monoisotopic (exact) mass is 432 g/mol. The summed E-state index contributed by atoms with van der Waals surface area (Å²) in [6, 6.07) is 13.6. The van der Waals surface area contributed by atoms with Crippen molar-refractivity contribution in [3.63, 3.8) is 0 Å². The maximum Gasteiger partial charge on any atom is 0.238 e. The van der Waals surface area contributed by atoms with Crippen molar-refractivity contribution >= 4 is 33.4 Å². The van der Waals surface area contributed by atoms with Crippen LogP contribution in [0.4, 0.5) is 11.8 Å². The minimum atomic E-state index is -3.69. The van der Waals surface area contributed by atoms with Crippen LogP contribution in [0.5, 0.6) is 0 Å². The lowest BCUT2D eigenvalue weighted by Gasteiger charge is -2.11. The minimum absolute atomic E-state index is 0.0843. The van der Waals surface area contributed by atoms with Gasteiger partial charge in [-0.05, 0) is 41.8 Å². The molecule has 0 bridgehead atoms. The maximum absolute atomic E-state index is 11.3. The van der Waals surface area contributed by atoms with Gasteiger partial charge in [0.05, 0.1) is 10.6 Å². The summed E-state index contributed by atoms with van der Waals surface area (Å²) in [5, 5.41) is 8.91.